The molecule has 1 rings (SSSR count). The van der Waals surface area contributed by atoms with Gasteiger partial charge in [-0.15, -0.1) is 0 Å². The zero-order valence-electron chi connectivity index (χ0n) is 11.3. The van der Waals surface area contributed by atoms with E-state index in [2.05, 4.69) is 0 Å². The molecule has 1 aromatic rings. The van der Waals surface area contributed by atoms with Crippen LogP contribution < -0.4 is 10.5 Å². The molecule has 7 heteroatoms. The highest BCUT2D eigenvalue weighted by molar-refractivity contribution is 5.97. The van der Waals surface area contributed by atoms with Crippen molar-refractivity contribution in [2.24, 2.45) is 5.73 Å². The van der Waals surface area contributed by atoms with Crippen LogP contribution in [0.25, 0.3) is 0 Å². The first-order valence-corrected chi connectivity index (χ1v) is 6.02. The van der Waals surface area contributed by atoms with Gasteiger partial charge in [-0.05, 0) is 32.0 Å². The Morgan fingerprint density at radius 1 is 1.30 bits per heavy atom. The van der Waals surface area contributed by atoms with Crippen LogP contribution in [0.1, 0.15) is 25.0 Å². The van der Waals surface area contributed by atoms with Crippen LogP contribution in [-0.4, -0.2) is 25.2 Å². The van der Waals surface area contributed by atoms with E-state index in [1.165, 1.54) is 6.07 Å². The molecule has 0 saturated carbocycles. The molecular weight excluding hydrogens is 273 g/mol. The maximum Gasteiger partial charge on any atom is 0.417 e. The molecular formula is C13H17F3N2O2. The number of hydrogen-bond donors (Lipinski definition) is 2. The fourth-order valence-corrected chi connectivity index (χ4v) is 1.53. The van der Waals surface area contributed by atoms with Crippen LogP contribution >= 0.6 is 0 Å². The minimum absolute atomic E-state index is 0.0546. The van der Waals surface area contributed by atoms with Gasteiger partial charge >= 0.3 is 6.18 Å². The molecule has 0 bridgehead atoms. The molecule has 3 N–H and O–H groups in total. The van der Waals surface area contributed by atoms with Gasteiger partial charge in [0.1, 0.15) is 18.2 Å². The molecule has 0 aliphatic carbocycles. The summed E-state index contributed by atoms with van der Waals surface area (Å²) >= 11 is 0. The largest absolute Gasteiger partial charge is 0.491 e. The quantitative estimate of drug-likeness (QED) is 0.481. The zero-order chi connectivity index (χ0) is 15.3. The van der Waals surface area contributed by atoms with Crippen molar-refractivity contribution in [2.45, 2.75) is 26.1 Å². The zero-order valence-corrected chi connectivity index (χ0v) is 11.3. The van der Waals surface area contributed by atoms with Gasteiger partial charge in [0.15, 0.2) is 0 Å². The summed E-state index contributed by atoms with van der Waals surface area (Å²) in [6.45, 7) is 4.27. The Morgan fingerprint density at radius 3 is 2.45 bits per heavy atom. The maximum atomic E-state index is 12.7. The smallest absolute Gasteiger partial charge is 0.417 e. The van der Waals surface area contributed by atoms with Gasteiger partial charge in [-0.2, -0.15) is 13.2 Å². The highest BCUT2D eigenvalue weighted by Crippen LogP contribution is 2.33. The summed E-state index contributed by atoms with van der Waals surface area (Å²) in [5, 5.41) is 7.22. The van der Waals surface area contributed by atoms with Crippen molar-refractivity contribution in [3.8, 4) is 5.75 Å². The van der Waals surface area contributed by atoms with Gasteiger partial charge in [0.2, 0.25) is 0 Å². The Labute approximate surface area is 115 Å². The summed E-state index contributed by atoms with van der Waals surface area (Å²) in [5.41, 5.74) is 3.84. The van der Waals surface area contributed by atoms with E-state index in [1.807, 2.05) is 13.8 Å². The van der Waals surface area contributed by atoms with Crippen LogP contribution in [-0.2, 0) is 10.9 Å². The van der Waals surface area contributed by atoms with E-state index in [9.17, 15) is 13.2 Å². The molecule has 0 aromatic heterocycles. The van der Waals surface area contributed by atoms with E-state index in [1.54, 1.807) is 0 Å². The van der Waals surface area contributed by atoms with Gasteiger partial charge < -0.3 is 15.2 Å². The molecule has 0 fully saturated rings. The van der Waals surface area contributed by atoms with Crippen LogP contribution in [0.4, 0.5) is 13.2 Å². The van der Waals surface area contributed by atoms with Gasteiger partial charge in [0, 0.05) is 5.56 Å². The number of benzene rings is 1. The van der Waals surface area contributed by atoms with Gasteiger partial charge in [0.25, 0.3) is 0 Å². The summed E-state index contributed by atoms with van der Waals surface area (Å²) in [6, 6.07) is 3.17. The number of nitrogens with two attached hydrogens (primary N) is 1. The third-order valence-electron chi connectivity index (χ3n) is 2.39. The average molecular weight is 290 g/mol. The van der Waals surface area contributed by atoms with Crippen molar-refractivity contribution < 1.29 is 22.6 Å². The Balaban J connectivity index is 2.81. The minimum Gasteiger partial charge on any atom is -0.491 e. The first-order chi connectivity index (χ1) is 9.21. The van der Waals surface area contributed by atoms with Crippen LogP contribution in [0.5, 0.6) is 5.75 Å². The molecule has 20 heavy (non-hydrogen) atoms. The van der Waals surface area contributed by atoms with Crippen molar-refractivity contribution in [3.05, 3.63) is 29.3 Å². The Hall–Kier alpha value is -1.76. The first kappa shape index (κ1) is 16.3. The molecule has 0 spiro atoms. The van der Waals surface area contributed by atoms with Crippen LogP contribution in [0.15, 0.2) is 18.2 Å². The lowest BCUT2D eigenvalue weighted by Gasteiger charge is -2.14. The van der Waals surface area contributed by atoms with Crippen LogP contribution in [0.2, 0.25) is 0 Å². The highest BCUT2D eigenvalue weighted by Gasteiger charge is 2.34. The summed E-state index contributed by atoms with van der Waals surface area (Å²) in [4.78, 5) is 0. The second-order valence-electron chi connectivity index (χ2n) is 4.39. The number of hydrogen-bond acceptors (Lipinski definition) is 3. The van der Waals surface area contributed by atoms with Crippen molar-refractivity contribution in [3.63, 3.8) is 0 Å². The molecule has 0 atom stereocenters. The van der Waals surface area contributed by atoms with Gasteiger partial charge in [-0.1, -0.05) is 0 Å². The van der Waals surface area contributed by atoms with Crippen molar-refractivity contribution in [1.82, 2.24) is 0 Å². The lowest BCUT2D eigenvalue weighted by molar-refractivity contribution is -0.137. The topological polar surface area (TPSA) is 68.3 Å². The summed E-state index contributed by atoms with van der Waals surface area (Å²) in [7, 11) is 0. The van der Waals surface area contributed by atoms with Crippen molar-refractivity contribution in [2.75, 3.05) is 13.2 Å². The average Bonchev–Trinajstić information content (AvgIpc) is 2.33. The van der Waals surface area contributed by atoms with Crippen LogP contribution in [0, 0.1) is 5.41 Å². The minimum atomic E-state index is -4.56. The number of ether oxygens (including phenoxy) is 2. The predicted octanol–water partition coefficient (Wildman–Crippen LogP) is 2.79. The number of alkyl halides is 3. The number of nitrogen functional groups attached to an aromatic ring is 1. The van der Waals surface area contributed by atoms with Crippen molar-refractivity contribution >= 4 is 5.84 Å². The van der Waals surface area contributed by atoms with E-state index in [0.717, 1.165) is 12.1 Å². The second kappa shape index (κ2) is 6.60. The molecule has 0 unspecified atom stereocenters. The van der Waals surface area contributed by atoms with E-state index >= 15 is 0 Å². The van der Waals surface area contributed by atoms with Gasteiger partial charge in [-0.25, -0.2) is 0 Å². The standard InChI is InChI=1S/C13H17F3N2O2/c1-8(2)19-5-6-20-9-3-4-11(13(14,15)16)10(7-9)12(17)18/h3-4,7-8H,5-6H2,1-2H3,(H3,17,18). The van der Waals surface area contributed by atoms with E-state index in [0.29, 0.717) is 6.61 Å². The summed E-state index contributed by atoms with van der Waals surface area (Å²) in [5.74, 6) is -0.434. The van der Waals surface area contributed by atoms with E-state index in [4.69, 9.17) is 20.6 Å². The molecule has 1 aromatic carbocycles. The molecule has 4 nitrogen and oxygen atoms in total. The van der Waals surface area contributed by atoms with Gasteiger partial charge in [0.05, 0.1) is 18.3 Å². The molecule has 0 amide bonds. The lowest BCUT2D eigenvalue weighted by atomic mass is 10.1. The number of rotatable bonds is 6. The van der Waals surface area contributed by atoms with Crippen molar-refractivity contribution in [1.29, 1.82) is 5.41 Å². The van der Waals surface area contributed by atoms with E-state index in [-0.39, 0.29) is 24.0 Å². The summed E-state index contributed by atoms with van der Waals surface area (Å²) < 4.78 is 48.7. The lowest BCUT2D eigenvalue weighted by Crippen LogP contribution is -2.19. The molecule has 0 aliphatic heterocycles. The first-order valence-electron chi connectivity index (χ1n) is 6.02. The number of nitrogens with one attached hydrogen (secondary N) is 1. The highest BCUT2D eigenvalue weighted by atomic mass is 19.4. The van der Waals surface area contributed by atoms with Crippen LogP contribution in [0.3, 0.4) is 0 Å². The Kier molecular flexibility index (Phi) is 5.38. The van der Waals surface area contributed by atoms with Gasteiger partial charge in [-0.3, -0.25) is 5.41 Å². The number of amidine groups is 1. The number of halogens is 3. The second-order valence-corrected chi connectivity index (χ2v) is 4.39. The molecule has 0 heterocycles. The molecule has 0 saturated heterocycles. The molecule has 0 radical (unpaired) electrons. The summed E-state index contributed by atoms with van der Waals surface area (Å²) in [6.07, 6.45) is -4.50. The Bertz CT molecular complexity index is 473. The molecule has 0 aliphatic rings. The SMILES string of the molecule is CC(C)OCCOc1ccc(C(F)(F)F)c(C(=N)N)c1. The maximum absolute atomic E-state index is 12.7. The fraction of sp³-hybridized carbons (Fsp3) is 0.462. The third-order valence-corrected chi connectivity index (χ3v) is 2.39. The normalized spacial score (nSPS) is 11.7. The fourth-order valence-electron chi connectivity index (χ4n) is 1.53. The molecule has 112 valence electrons. The third kappa shape index (κ3) is 4.73. The monoisotopic (exact) mass is 290 g/mol. The van der Waals surface area contributed by atoms with E-state index < -0.39 is 17.6 Å². The predicted molar refractivity (Wildman–Crippen MR) is 69.0 cm³/mol. The Morgan fingerprint density at radius 2 is 1.95 bits per heavy atom.